The second-order valence-electron chi connectivity index (χ2n) is 6.46. The van der Waals surface area contributed by atoms with Gasteiger partial charge in [0.1, 0.15) is 0 Å². The standard InChI is InChI=1S/C21H26N4O3/c1-16(26)23-11-4-2-3-8-20(27)24-15-17-6-5-7-19(14-17)25-21(28)18-9-12-22-13-10-18/h5-7,9-10,12-14H,2-4,8,11,15H2,1H3,(H,23,26)(H,24,27)(H,25,28). The van der Waals surface area contributed by atoms with E-state index in [-0.39, 0.29) is 17.7 Å². The molecule has 0 atom stereocenters. The number of hydrogen-bond acceptors (Lipinski definition) is 4. The lowest BCUT2D eigenvalue weighted by atomic mass is 10.1. The van der Waals surface area contributed by atoms with E-state index >= 15 is 0 Å². The summed E-state index contributed by atoms with van der Waals surface area (Å²) in [7, 11) is 0. The van der Waals surface area contributed by atoms with Gasteiger partial charge in [-0.3, -0.25) is 19.4 Å². The molecular formula is C21H26N4O3. The highest BCUT2D eigenvalue weighted by Gasteiger charge is 2.06. The van der Waals surface area contributed by atoms with Crippen molar-refractivity contribution in [2.24, 2.45) is 0 Å². The van der Waals surface area contributed by atoms with Crippen molar-refractivity contribution in [1.29, 1.82) is 0 Å². The van der Waals surface area contributed by atoms with Crippen LogP contribution in [0.1, 0.15) is 48.5 Å². The number of aromatic nitrogens is 1. The van der Waals surface area contributed by atoms with Crippen LogP contribution < -0.4 is 16.0 Å². The SMILES string of the molecule is CC(=O)NCCCCCC(=O)NCc1cccc(NC(=O)c2ccncc2)c1. The van der Waals surface area contributed by atoms with Crippen LogP contribution in [0, 0.1) is 0 Å². The summed E-state index contributed by atoms with van der Waals surface area (Å²) in [6.45, 7) is 2.55. The largest absolute Gasteiger partial charge is 0.356 e. The summed E-state index contributed by atoms with van der Waals surface area (Å²) in [5.41, 5.74) is 2.12. The maximum absolute atomic E-state index is 12.2. The van der Waals surface area contributed by atoms with Gasteiger partial charge < -0.3 is 16.0 Å². The van der Waals surface area contributed by atoms with Gasteiger partial charge in [-0.25, -0.2) is 0 Å². The molecule has 1 aromatic heterocycles. The van der Waals surface area contributed by atoms with Crippen molar-refractivity contribution < 1.29 is 14.4 Å². The number of carbonyl (C=O) groups excluding carboxylic acids is 3. The molecule has 1 heterocycles. The number of anilines is 1. The molecule has 1 aromatic carbocycles. The van der Waals surface area contributed by atoms with Crippen LogP contribution in [-0.2, 0) is 16.1 Å². The van der Waals surface area contributed by atoms with Gasteiger partial charge in [-0.15, -0.1) is 0 Å². The van der Waals surface area contributed by atoms with E-state index in [1.807, 2.05) is 18.2 Å². The quantitative estimate of drug-likeness (QED) is 0.550. The van der Waals surface area contributed by atoms with Crippen LogP contribution in [0.2, 0.25) is 0 Å². The minimum Gasteiger partial charge on any atom is -0.356 e. The molecule has 0 unspecified atom stereocenters. The lowest BCUT2D eigenvalue weighted by molar-refractivity contribution is -0.121. The van der Waals surface area contributed by atoms with Gasteiger partial charge >= 0.3 is 0 Å². The molecule has 0 bridgehead atoms. The van der Waals surface area contributed by atoms with Crippen LogP contribution in [0.5, 0.6) is 0 Å². The van der Waals surface area contributed by atoms with Crippen LogP contribution in [0.15, 0.2) is 48.8 Å². The molecule has 148 valence electrons. The Labute approximate surface area is 164 Å². The third-order valence-electron chi connectivity index (χ3n) is 4.07. The minimum absolute atomic E-state index is 0.00856. The second kappa shape index (κ2) is 11.5. The number of rotatable bonds is 10. The summed E-state index contributed by atoms with van der Waals surface area (Å²) in [6.07, 6.45) is 6.14. The van der Waals surface area contributed by atoms with Crippen molar-refractivity contribution in [3.63, 3.8) is 0 Å². The molecule has 7 nitrogen and oxygen atoms in total. The molecule has 0 aliphatic carbocycles. The highest BCUT2D eigenvalue weighted by molar-refractivity contribution is 6.04. The fourth-order valence-corrected chi connectivity index (χ4v) is 2.61. The topological polar surface area (TPSA) is 100 Å². The fourth-order valence-electron chi connectivity index (χ4n) is 2.61. The Morgan fingerprint density at radius 3 is 2.50 bits per heavy atom. The Kier molecular flexibility index (Phi) is 8.65. The summed E-state index contributed by atoms with van der Waals surface area (Å²) >= 11 is 0. The van der Waals surface area contributed by atoms with Gasteiger partial charge in [-0.2, -0.15) is 0 Å². The molecule has 0 aliphatic rings. The average Bonchev–Trinajstić information content (AvgIpc) is 2.70. The van der Waals surface area contributed by atoms with Crippen molar-refractivity contribution >= 4 is 23.4 Å². The summed E-state index contributed by atoms with van der Waals surface area (Å²) in [5.74, 6) is -0.245. The first-order chi connectivity index (χ1) is 13.5. The van der Waals surface area contributed by atoms with Crippen molar-refractivity contribution in [2.75, 3.05) is 11.9 Å². The zero-order valence-electron chi connectivity index (χ0n) is 16.0. The highest BCUT2D eigenvalue weighted by atomic mass is 16.2. The van der Waals surface area contributed by atoms with E-state index in [2.05, 4.69) is 20.9 Å². The third-order valence-corrected chi connectivity index (χ3v) is 4.07. The van der Waals surface area contributed by atoms with Crippen LogP contribution in [-0.4, -0.2) is 29.3 Å². The number of carbonyl (C=O) groups is 3. The second-order valence-corrected chi connectivity index (χ2v) is 6.46. The van der Waals surface area contributed by atoms with Gasteiger partial charge in [0.25, 0.3) is 5.91 Å². The van der Waals surface area contributed by atoms with E-state index in [1.54, 1.807) is 30.6 Å². The maximum atomic E-state index is 12.2. The fraction of sp³-hybridized carbons (Fsp3) is 0.333. The van der Waals surface area contributed by atoms with Crippen molar-refractivity contribution in [2.45, 2.75) is 39.2 Å². The molecule has 0 radical (unpaired) electrons. The lowest BCUT2D eigenvalue weighted by Crippen LogP contribution is -2.23. The number of amides is 3. The number of hydrogen-bond donors (Lipinski definition) is 3. The van der Waals surface area contributed by atoms with Crippen molar-refractivity contribution in [1.82, 2.24) is 15.6 Å². The van der Waals surface area contributed by atoms with E-state index in [0.29, 0.717) is 30.8 Å². The average molecular weight is 382 g/mol. The first-order valence-corrected chi connectivity index (χ1v) is 9.36. The Balaban J connectivity index is 1.71. The van der Waals surface area contributed by atoms with E-state index in [9.17, 15) is 14.4 Å². The number of pyridine rings is 1. The van der Waals surface area contributed by atoms with Crippen LogP contribution in [0.3, 0.4) is 0 Å². The van der Waals surface area contributed by atoms with Crippen molar-refractivity contribution in [3.8, 4) is 0 Å². The molecule has 28 heavy (non-hydrogen) atoms. The van der Waals surface area contributed by atoms with Gasteiger partial charge in [0.05, 0.1) is 0 Å². The third kappa shape index (κ3) is 7.99. The molecule has 2 rings (SSSR count). The monoisotopic (exact) mass is 382 g/mol. The summed E-state index contributed by atoms with van der Waals surface area (Å²) in [4.78, 5) is 38.8. The molecule has 0 fully saturated rings. The molecule has 0 saturated carbocycles. The highest BCUT2D eigenvalue weighted by Crippen LogP contribution is 2.12. The Morgan fingerprint density at radius 2 is 1.75 bits per heavy atom. The van der Waals surface area contributed by atoms with E-state index in [1.165, 1.54) is 6.92 Å². The molecule has 3 amide bonds. The number of unbranched alkanes of at least 4 members (excludes halogenated alkanes) is 2. The van der Waals surface area contributed by atoms with E-state index in [4.69, 9.17) is 0 Å². The van der Waals surface area contributed by atoms with Crippen LogP contribution >= 0.6 is 0 Å². The maximum Gasteiger partial charge on any atom is 0.255 e. The smallest absolute Gasteiger partial charge is 0.255 e. The first-order valence-electron chi connectivity index (χ1n) is 9.36. The predicted molar refractivity (Wildman–Crippen MR) is 108 cm³/mol. The van der Waals surface area contributed by atoms with Gasteiger partial charge in [-0.1, -0.05) is 18.6 Å². The van der Waals surface area contributed by atoms with Gasteiger partial charge in [0, 0.05) is 50.1 Å². The summed E-state index contributed by atoms with van der Waals surface area (Å²) in [6, 6.07) is 10.7. The van der Waals surface area contributed by atoms with E-state index < -0.39 is 0 Å². The Hall–Kier alpha value is -3.22. The van der Waals surface area contributed by atoms with Gasteiger partial charge in [0.2, 0.25) is 11.8 Å². The molecule has 7 heteroatoms. The molecule has 2 aromatic rings. The Bertz CT molecular complexity index is 793. The van der Waals surface area contributed by atoms with Gasteiger partial charge in [0.15, 0.2) is 0 Å². The zero-order chi connectivity index (χ0) is 20.2. The van der Waals surface area contributed by atoms with E-state index in [0.717, 1.165) is 24.8 Å². The summed E-state index contributed by atoms with van der Waals surface area (Å²) in [5, 5.41) is 8.47. The predicted octanol–water partition coefficient (Wildman–Crippen LogP) is 2.65. The molecule has 0 saturated heterocycles. The normalized spacial score (nSPS) is 10.2. The number of nitrogens with one attached hydrogen (secondary N) is 3. The van der Waals surface area contributed by atoms with Crippen molar-refractivity contribution in [3.05, 3.63) is 59.9 Å². The molecule has 3 N–H and O–H groups in total. The Morgan fingerprint density at radius 1 is 0.964 bits per heavy atom. The minimum atomic E-state index is -0.206. The molecule has 0 aliphatic heterocycles. The first kappa shape index (κ1) is 21.1. The lowest BCUT2D eigenvalue weighted by Gasteiger charge is -2.09. The summed E-state index contributed by atoms with van der Waals surface area (Å²) < 4.78 is 0. The van der Waals surface area contributed by atoms with Crippen LogP contribution in [0.25, 0.3) is 0 Å². The molecule has 0 spiro atoms. The number of benzene rings is 1. The zero-order valence-corrected chi connectivity index (χ0v) is 16.0. The molecular weight excluding hydrogens is 356 g/mol. The van der Waals surface area contributed by atoms with Crippen LogP contribution in [0.4, 0.5) is 5.69 Å². The van der Waals surface area contributed by atoms with Gasteiger partial charge in [-0.05, 0) is 42.7 Å². The number of nitrogens with zero attached hydrogens (tertiary/aromatic N) is 1.